The van der Waals surface area contributed by atoms with E-state index in [-0.39, 0.29) is 6.71 Å². The minimum Gasteiger partial charge on any atom is -0.458 e. The fourth-order valence-corrected chi connectivity index (χ4v) is 5.16. The Morgan fingerprint density at radius 1 is 0.862 bits per heavy atom. The van der Waals surface area contributed by atoms with Crippen LogP contribution in [0.15, 0.2) is 48.5 Å². The van der Waals surface area contributed by atoms with Crippen LogP contribution in [0.1, 0.15) is 41.7 Å². The molecule has 0 saturated carbocycles. The lowest BCUT2D eigenvalue weighted by atomic mass is 9.30. The number of fused-ring (bicyclic) bond motifs is 4. The van der Waals surface area contributed by atoms with Crippen LogP contribution in [0.3, 0.4) is 0 Å². The Hall–Kier alpha value is -2.69. The molecule has 3 aromatic carbocycles. The van der Waals surface area contributed by atoms with Crippen molar-refractivity contribution in [1.82, 2.24) is 0 Å². The molecule has 0 N–H and O–H groups in total. The molecular formula is C24H20BF3O. The fourth-order valence-electron chi connectivity index (χ4n) is 5.16. The average Bonchev–Trinajstić information content (AvgIpc) is 2.64. The molecule has 29 heavy (non-hydrogen) atoms. The number of rotatable bonds is 0. The molecule has 0 atom stereocenters. The van der Waals surface area contributed by atoms with E-state index in [1.807, 2.05) is 52.0 Å². The van der Waals surface area contributed by atoms with Gasteiger partial charge in [0, 0.05) is 5.41 Å². The molecule has 0 amide bonds. The summed E-state index contributed by atoms with van der Waals surface area (Å²) in [5, 5.41) is 0. The first-order chi connectivity index (χ1) is 13.6. The molecule has 0 aromatic heterocycles. The Labute approximate surface area is 168 Å². The lowest BCUT2D eigenvalue weighted by Gasteiger charge is -2.42. The highest BCUT2D eigenvalue weighted by atomic mass is 19.4. The molecule has 146 valence electrons. The predicted molar refractivity (Wildman–Crippen MR) is 111 cm³/mol. The van der Waals surface area contributed by atoms with Crippen LogP contribution < -0.4 is 21.1 Å². The Bertz CT molecular complexity index is 1180. The standard InChI is InChI=1S/C24H20BF3O/c1-13-5-9-19-18(11-13)25-17-8-7-15(24(26,27)28)12-16(17)23(3,4)21-14(2)6-10-20(29-19)22(21)25/h5-12H,1-4H3. The zero-order valence-electron chi connectivity index (χ0n) is 16.7. The van der Waals surface area contributed by atoms with Crippen molar-refractivity contribution in [2.75, 3.05) is 0 Å². The van der Waals surface area contributed by atoms with Crippen LogP contribution in [-0.2, 0) is 11.6 Å². The second-order valence-corrected chi connectivity index (χ2v) is 8.67. The lowest BCUT2D eigenvalue weighted by Crippen LogP contribution is -2.62. The van der Waals surface area contributed by atoms with Gasteiger partial charge in [-0.05, 0) is 59.7 Å². The first-order valence-electron chi connectivity index (χ1n) is 9.73. The second-order valence-electron chi connectivity index (χ2n) is 8.67. The molecule has 1 nitrogen and oxygen atoms in total. The SMILES string of the molecule is Cc1ccc2c(c1)B1c3ccc(C(F)(F)F)cc3C(C)(C)c3c(C)ccc(c31)O2. The molecule has 2 aliphatic heterocycles. The molecule has 0 saturated heterocycles. The molecule has 5 heteroatoms. The van der Waals surface area contributed by atoms with Crippen molar-refractivity contribution in [3.05, 3.63) is 76.3 Å². The molecule has 0 unspecified atom stereocenters. The molecule has 0 radical (unpaired) electrons. The fraction of sp³-hybridized carbons (Fsp3) is 0.250. The smallest absolute Gasteiger partial charge is 0.416 e. The summed E-state index contributed by atoms with van der Waals surface area (Å²) >= 11 is 0. The van der Waals surface area contributed by atoms with Crippen molar-refractivity contribution >= 4 is 23.1 Å². The van der Waals surface area contributed by atoms with Gasteiger partial charge in [0.15, 0.2) is 0 Å². The van der Waals surface area contributed by atoms with E-state index in [2.05, 4.69) is 6.07 Å². The summed E-state index contributed by atoms with van der Waals surface area (Å²) < 4.78 is 46.8. The van der Waals surface area contributed by atoms with E-state index in [9.17, 15) is 13.2 Å². The number of halogens is 3. The zero-order valence-corrected chi connectivity index (χ0v) is 16.7. The molecular weight excluding hydrogens is 372 g/mol. The maximum Gasteiger partial charge on any atom is 0.416 e. The quantitative estimate of drug-likeness (QED) is 0.398. The summed E-state index contributed by atoms with van der Waals surface area (Å²) in [7, 11) is 0. The molecule has 0 spiro atoms. The predicted octanol–water partition coefficient (Wildman–Crippen LogP) is 4.58. The van der Waals surface area contributed by atoms with Gasteiger partial charge in [-0.2, -0.15) is 13.2 Å². The highest BCUT2D eigenvalue weighted by molar-refractivity contribution is 6.98. The Kier molecular flexibility index (Phi) is 3.60. The largest absolute Gasteiger partial charge is 0.458 e. The van der Waals surface area contributed by atoms with Crippen LogP contribution in [-0.4, -0.2) is 6.71 Å². The summed E-state index contributed by atoms with van der Waals surface area (Å²) in [6.07, 6.45) is -4.37. The number of alkyl halides is 3. The number of hydrogen-bond donors (Lipinski definition) is 0. The minimum absolute atomic E-state index is 0.131. The molecule has 0 aliphatic carbocycles. The van der Waals surface area contributed by atoms with Gasteiger partial charge in [0.25, 0.3) is 6.71 Å². The van der Waals surface area contributed by atoms with Gasteiger partial charge >= 0.3 is 6.18 Å². The van der Waals surface area contributed by atoms with Crippen LogP contribution in [0.25, 0.3) is 0 Å². The van der Waals surface area contributed by atoms with Gasteiger partial charge in [-0.25, -0.2) is 0 Å². The van der Waals surface area contributed by atoms with Crippen LogP contribution in [0.4, 0.5) is 13.2 Å². The van der Waals surface area contributed by atoms with Crippen molar-refractivity contribution in [3.63, 3.8) is 0 Å². The molecule has 0 fully saturated rings. The summed E-state index contributed by atoms with van der Waals surface area (Å²) in [5.41, 5.74) is 5.84. The van der Waals surface area contributed by atoms with E-state index < -0.39 is 17.2 Å². The van der Waals surface area contributed by atoms with E-state index in [1.54, 1.807) is 6.07 Å². The van der Waals surface area contributed by atoms with Crippen molar-refractivity contribution in [1.29, 1.82) is 0 Å². The number of benzene rings is 3. The maximum atomic E-state index is 13.5. The normalized spacial score (nSPS) is 15.9. The Morgan fingerprint density at radius 2 is 1.59 bits per heavy atom. The van der Waals surface area contributed by atoms with E-state index >= 15 is 0 Å². The van der Waals surface area contributed by atoms with Crippen molar-refractivity contribution in [3.8, 4) is 11.5 Å². The van der Waals surface area contributed by atoms with E-state index in [1.165, 1.54) is 12.1 Å². The summed E-state index contributed by atoms with van der Waals surface area (Å²) in [6.45, 7) is 7.94. The molecule has 2 heterocycles. The first kappa shape index (κ1) is 18.4. The summed E-state index contributed by atoms with van der Waals surface area (Å²) in [4.78, 5) is 0. The maximum absolute atomic E-state index is 13.5. The summed E-state index contributed by atoms with van der Waals surface area (Å²) in [5.74, 6) is 1.57. The van der Waals surface area contributed by atoms with E-state index in [0.29, 0.717) is 0 Å². The van der Waals surface area contributed by atoms with Gasteiger partial charge in [0.2, 0.25) is 0 Å². The lowest BCUT2D eigenvalue weighted by molar-refractivity contribution is -0.137. The zero-order chi connectivity index (χ0) is 20.7. The number of ether oxygens (including phenoxy) is 1. The highest BCUT2D eigenvalue weighted by Gasteiger charge is 2.46. The summed E-state index contributed by atoms with van der Waals surface area (Å²) in [6, 6.07) is 14.2. The van der Waals surface area contributed by atoms with Crippen molar-refractivity contribution in [2.45, 2.75) is 39.3 Å². The number of aryl methyl sites for hydroxylation is 2. The Morgan fingerprint density at radius 3 is 2.31 bits per heavy atom. The van der Waals surface area contributed by atoms with Crippen LogP contribution >= 0.6 is 0 Å². The van der Waals surface area contributed by atoms with Crippen LogP contribution in [0.5, 0.6) is 11.5 Å². The van der Waals surface area contributed by atoms with Crippen molar-refractivity contribution < 1.29 is 17.9 Å². The highest BCUT2D eigenvalue weighted by Crippen LogP contribution is 2.41. The van der Waals surface area contributed by atoms with Crippen LogP contribution in [0.2, 0.25) is 0 Å². The molecule has 5 rings (SSSR count). The third-order valence-corrected chi connectivity index (χ3v) is 6.39. The van der Waals surface area contributed by atoms with Crippen molar-refractivity contribution in [2.24, 2.45) is 0 Å². The molecule has 3 aromatic rings. The van der Waals surface area contributed by atoms with Gasteiger partial charge in [-0.3, -0.25) is 0 Å². The van der Waals surface area contributed by atoms with Gasteiger partial charge in [0.1, 0.15) is 11.5 Å². The topological polar surface area (TPSA) is 9.23 Å². The molecule has 0 bridgehead atoms. The van der Waals surface area contributed by atoms with Crippen LogP contribution in [0, 0.1) is 13.8 Å². The second kappa shape index (κ2) is 5.68. The third-order valence-electron chi connectivity index (χ3n) is 6.39. The first-order valence-corrected chi connectivity index (χ1v) is 9.73. The van der Waals surface area contributed by atoms with Gasteiger partial charge in [0.05, 0.1) is 5.56 Å². The minimum atomic E-state index is -4.37. The van der Waals surface area contributed by atoms with Gasteiger partial charge in [-0.1, -0.05) is 55.2 Å². The van der Waals surface area contributed by atoms with Gasteiger partial charge in [-0.15, -0.1) is 0 Å². The third kappa shape index (κ3) is 2.49. The van der Waals surface area contributed by atoms with E-state index in [0.717, 1.165) is 50.1 Å². The van der Waals surface area contributed by atoms with E-state index in [4.69, 9.17) is 4.74 Å². The monoisotopic (exact) mass is 392 g/mol. The molecule has 2 aliphatic rings. The Balaban J connectivity index is 1.89. The van der Waals surface area contributed by atoms with Gasteiger partial charge < -0.3 is 4.74 Å². The average molecular weight is 392 g/mol. The number of hydrogen-bond acceptors (Lipinski definition) is 1.